The third kappa shape index (κ3) is 3.64. The molecule has 1 aromatic rings. The van der Waals surface area contributed by atoms with E-state index in [2.05, 4.69) is 33.6 Å². The number of nitrogens with two attached hydrogens (primary N) is 1. The molecule has 0 aromatic carbocycles. The second kappa shape index (κ2) is 6.30. The monoisotopic (exact) mass is 263 g/mol. The highest BCUT2D eigenvalue weighted by atomic mass is 15.3. The van der Waals surface area contributed by atoms with Gasteiger partial charge in [0.05, 0.1) is 0 Å². The Kier molecular flexibility index (Phi) is 4.71. The van der Waals surface area contributed by atoms with E-state index in [1.54, 1.807) is 12.4 Å². The quantitative estimate of drug-likeness (QED) is 0.858. The molecule has 1 aliphatic heterocycles. The van der Waals surface area contributed by atoms with Crippen LogP contribution in [0.1, 0.15) is 20.3 Å². The van der Waals surface area contributed by atoms with Crippen LogP contribution in [-0.4, -0.2) is 54.1 Å². The second-order valence-electron chi connectivity index (χ2n) is 5.68. The van der Waals surface area contributed by atoms with Gasteiger partial charge in [0.2, 0.25) is 5.95 Å². The summed E-state index contributed by atoms with van der Waals surface area (Å²) in [7, 11) is 0. The number of rotatable bonds is 5. The fourth-order valence-electron chi connectivity index (χ4n) is 2.42. The van der Waals surface area contributed by atoms with Crippen LogP contribution in [0.15, 0.2) is 18.5 Å². The maximum Gasteiger partial charge on any atom is 0.225 e. The van der Waals surface area contributed by atoms with Crippen molar-refractivity contribution in [1.82, 2.24) is 14.9 Å². The SMILES string of the molecule is CCC(C)(CN)CN1CCN(c2ncccn2)CC1. The minimum Gasteiger partial charge on any atom is -0.338 e. The zero-order valence-corrected chi connectivity index (χ0v) is 12.0. The van der Waals surface area contributed by atoms with Crippen molar-refractivity contribution in [3.05, 3.63) is 18.5 Å². The Hall–Kier alpha value is -1.20. The first kappa shape index (κ1) is 14.2. The normalized spacial score (nSPS) is 20.3. The van der Waals surface area contributed by atoms with Crippen LogP contribution in [0.25, 0.3) is 0 Å². The van der Waals surface area contributed by atoms with Gasteiger partial charge in [-0.1, -0.05) is 13.8 Å². The standard InChI is InChI=1S/C14H25N5/c1-3-14(2,11-15)12-18-7-9-19(10-8-18)13-16-5-4-6-17-13/h4-6H,3,7-12,15H2,1-2H3. The van der Waals surface area contributed by atoms with E-state index < -0.39 is 0 Å². The average Bonchev–Trinajstić information content (AvgIpc) is 2.49. The minimum atomic E-state index is 0.241. The zero-order valence-electron chi connectivity index (χ0n) is 12.0. The molecule has 0 aliphatic carbocycles. The molecule has 1 saturated heterocycles. The van der Waals surface area contributed by atoms with E-state index >= 15 is 0 Å². The second-order valence-corrected chi connectivity index (χ2v) is 5.68. The van der Waals surface area contributed by atoms with Gasteiger partial charge in [0.25, 0.3) is 0 Å². The Labute approximate surface area is 115 Å². The van der Waals surface area contributed by atoms with Gasteiger partial charge in [0.1, 0.15) is 0 Å². The van der Waals surface area contributed by atoms with Crippen molar-refractivity contribution in [2.24, 2.45) is 11.1 Å². The Morgan fingerprint density at radius 3 is 2.37 bits per heavy atom. The van der Waals surface area contributed by atoms with Gasteiger partial charge in [-0.25, -0.2) is 9.97 Å². The first-order valence-corrected chi connectivity index (χ1v) is 7.11. The molecule has 2 N–H and O–H groups in total. The molecule has 1 aromatic heterocycles. The van der Waals surface area contributed by atoms with Crippen molar-refractivity contribution in [2.75, 3.05) is 44.2 Å². The van der Waals surface area contributed by atoms with Crippen LogP contribution in [0.5, 0.6) is 0 Å². The molecule has 5 nitrogen and oxygen atoms in total. The first-order chi connectivity index (χ1) is 9.17. The smallest absolute Gasteiger partial charge is 0.225 e. The van der Waals surface area contributed by atoms with Gasteiger partial charge < -0.3 is 10.6 Å². The van der Waals surface area contributed by atoms with Crippen LogP contribution in [0.2, 0.25) is 0 Å². The molecule has 5 heteroatoms. The van der Waals surface area contributed by atoms with Crippen LogP contribution in [-0.2, 0) is 0 Å². The zero-order chi connectivity index (χ0) is 13.7. The number of hydrogen-bond donors (Lipinski definition) is 1. The molecular weight excluding hydrogens is 238 g/mol. The lowest BCUT2D eigenvalue weighted by atomic mass is 9.87. The van der Waals surface area contributed by atoms with Crippen LogP contribution in [0, 0.1) is 5.41 Å². The summed E-state index contributed by atoms with van der Waals surface area (Å²) < 4.78 is 0. The molecule has 0 amide bonds. The topological polar surface area (TPSA) is 58.3 Å². The molecule has 0 saturated carbocycles. The lowest BCUT2D eigenvalue weighted by Crippen LogP contribution is -2.51. The van der Waals surface area contributed by atoms with Crippen molar-refractivity contribution in [1.29, 1.82) is 0 Å². The molecule has 1 unspecified atom stereocenters. The third-order valence-corrected chi connectivity index (χ3v) is 4.16. The molecule has 0 bridgehead atoms. The number of hydrogen-bond acceptors (Lipinski definition) is 5. The van der Waals surface area contributed by atoms with Crippen molar-refractivity contribution < 1.29 is 0 Å². The lowest BCUT2D eigenvalue weighted by molar-refractivity contribution is 0.156. The van der Waals surface area contributed by atoms with Gasteiger partial charge in [0.15, 0.2) is 0 Å². The molecule has 0 spiro atoms. The van der Waals surface area contributed by atoms with Crippen molar-refractivity contribution in [3.8, 4) is 0 Å². The number of aromatic nitrogens is 2. The highest BCUT2D eigenvalue weighted by Crippen LogP contribution is 2.22. The maximum atomic E-state index is 5.90. The van der Waals surface area contributed by atoms with E-state index in [4.69, 9.17) is 5.73 Å². The number of anilines is 1. The van der Waals surface area contributed by atoms with Crippen molar-refractivity contribution in [2.45, 2.75) is 20.3 Å². The maximum absolute atomic E-state index is 5.90. The molecule has 1 aliphatic rings. The largest absolute Gasteiger partial charge is 0.338 e. The van der Waals surface area contributed by atoms with Crippen LogP contribution >= 0.6 is 0 Å². The predicted octanol–water partition coefficient (Wildman–Crippen LogP) is 0.974. The van der Waals surface area contributed by atoms with Crippen molar-refractivity contribution in [3.63, 3.8) is 0 Å². The van der Waals surface area contributed by atoms with E-state index in [-0.39, 0.29) is 5.41 Å². The van der Waals surface area contributed by atoms with Crippen LogP contribution in [0.4, 0.5) is 5.95 Å². The van der Waals surface area contributed by atoms with Crippen LogP contribution in [0.3, 0.4) is 0 Å². The highest BCUT2D eigenvalue weighted by molar-refractivity contribution is 5.29. The number of nitrogens with zero attached hydrogens (tertiary/aromatic N) is 4. The Balaban J connectivity index is 1.86. The fraction of sp³-hybridized carbons (Fsp3) is 0.714. The molecule has 1 fully saturated rings. The lowest BCUT2D eigenvalue weighted by Gasteiger charge is -2.39. The summed E-state index contributed by atoms with van der Waals surface area (Å²) in [5, 5.41) is 0. The van der Waals surface area contributed by atoms with Gasteiger partial charge in [-0.3, -0.25) is 4.90 Å². The first-order valence-electron chi connectivity index (χ1n) is 7.11. The van der Waals surface area contributed by atoms with Crippen molar-refractivity contribution >= 4 is 5.95 Å². The predicted molar refractivity (Wildman–Crippen MR) is 78.1 cm³/mol. The Bertz CT molecular complexity index is 369. The molecule has 1 atom stereocenters. The average molecular weight is 263 g/mol. The Morgan fingerprint density at radius 2 is 1.84 bits per heavy atom. The highest BCUT2D eigenvalue weighted by Gasteiger charge is 2.26. The third-order valence-electron chi connectivity index (χ3n) is 4.16. The molecule has 106 valence electrons. The van der Waals surface area contributed by atoms with E-state index in [9.17, 15) is 0 Å². The summed E-state index contributed by atoms with van der Waals surface area (Å²) >= 11 is 0. The van der Waals surface area contributed by atoms with Gasteiger partial charge >= 0.3 is 0 Å². The van der Waals surface area contributed by atoms with Crippen LogP contribution < -0.4 is 10.6 Å². The molecule has 2 rings (SSSR count). The summed E-state index contributed by atoms with van der Waals surface area (Å²) in [5.41, 5.74) is 6.14. The van der Waals surface area contributed by atoms with E-state index in [1.165, 1.54) is 0 Å². The molecular formula is C14H25N5. The van der Waals surface area contributed by atoms with Gasteiger partial charge in [-0.05, 0) is 24.4 Å². The van der Waals surface area contributed by atoms with Gasteiger partial charge in [0, 0.05) is 45.1 Å². The summed E-state index contributed by atoms with van der Waals surface area (Å²) in [4.78, 5) is 13.4. The summed E-state index contributed by atoms with van der Waals surface area (Å²) in [6.07, 6.45) is 4.74. The fourth-order valence-corrected chi connectivity index (χ4v) is 2.42. The molecule has 0 radical (unpaired) electrons. The molecule has 19 heavy (non-hydrogen) atoms. The van der Waals surface area contributed by atoms with Gasteiger partial charge in [-0.2, -0.15) is 0 Å². The molecule has 2 heterocycles. The summed E-state index contributed by atoms with van der Waals surface area (Å²) in [6.45, 7) is 10.5. The summed E-state index contributed by atoms with van der Waals surface area (Å²) in [5.74, 6) is 0.847. The van der Waals surface area contributed by atoms with Gasteiger partial charge in [-0.15, -0.1) is 0 Å². The number of piperazine rings is 1. The minimum absolute atomic E-state index is 0.241. The Morgan fingerprint density at radius 1 is 1.21 bits per heavy atom. The van der Waals surface area contributed by atoms with E-state index in [0.29, 0.717) is 0 Å². The van der Waals surface area contributed by atoms with E-state index in [0.717, 1.165) is 51.6 Å². The van der Waals surface area contributed by atoms with E-state index in [1.807, 2.05) is 6.07 Å². The summed E-state index contributed by atoms with van der Waals surface area (Å²) in [6, 6.07) is 1.85.